The van der Waals surface area contributed by atoms with Crippen LogP contribution in [-0.4, -0.2) is 26.1 Å². The first-order valence-corrected chi connectivity index (χ1v) is 7.80. The Labute approximate surface area is 128 Å². The van der Waals surface area contributed by atoms with Gasteiger partial charge >= 0.3 is 0 Å². The van der Waals surface area contributed by atoms with Crippen LogP contribution >= 0.6 is 15.9 Å². The van der Waals surface area contributed by atoms with Gasteiger partial charge in [-0.3, -0.25) is 9.36 Å². The van der Waals surface area contributed by atoms with E-state index in [4.69, 9.17) is 0 Å². The molecule has 0 saturated carbocycles. The van der Waals surface area contributed by atoms with E-state index in [1.165, 1.54) is 11.3 Å². The molecule has 0 aliphatic carbocycles. The van der Waals surface area contributed by atoms with Crippen molar-refractivity contribution in [1.82, 2.24) is 24.9 Å². The quantitative estimate of drug-likeness (QED) is 0.879. The molecule has 0 aromatic carbocycles. The van der Waals surface area contributed by atoms with E-state index >= 15 is 0 Å². The molecule has 2 rings (SSSR count). The maximum absolute atomic E-state index is 4.53. The summed E-state index contributed by atoms with van der Waals surface area (Å²) in [6.45, 7) is 8.92. The maximum Gasteiger partial charge on any atom is 0.0842 e. The van der Waals surface area contributed by atoms with E-state index < -0.39 is 0 Å². The molecule has 2 aromatic heterocycles. The van der Waals surface area contributed by atoms with E-state index in [9.17, 15) is 0 Å². The molecule has 2 aromatic rings. The normalized spacial score (nSPS) is 11.2. The van der Waals surface area contributed by atoms with Gasteiger partial charge < -0.3 is 5.32 Å². The summed E-state index contributed by atoms with van der Waals surface area (Å²) in [6.07, 6.45) is 2.88. The van der Waals surface area contributed by atoms with E-state index in [2.05, 4.69) is 52.2 Å². The van der Waals surface area contributed by atoms with Crippen molar-refractivity contribution >= 4 is 15.9 Å². The summed E-state index contributed by atoms with van der Waals surface area (Å²) in [6, 6.07) is 0. The fourth-order valence-corrected chi connectivity index (χ4v) is 2.95. The van der Waals surface area contributed by atoms with Gasteiger partial charge in [-0.25, -0.2) is 0 Å². The van der Waals surface area contributed by atoms with Crippen LogP contribution in [0, 0.1) is 6.92 Å². The third-order valence-electron chi connectivity index (χ3n) is 3.57. The maximum atomic E-state index is 4.53. The van der Waals surface area contributed by atoms with Crippen LogP contribution in [-0.2, 0) is 26.6 Å². The summed E-state index contributed by atoms with van der Waals surface area (Å²) in [5.74, 6) is 0. The van der Waals surface area contributed by atoms with Crippen molar-refractivity contribution in [3.05, 3.63) is 33.3 Å². The Morgan fingerprint density at radius 1 is 1.35 bits per heavy atom. The first-order valence-electron chi connectivity index (χ1n) is 7.00. The van der Waals surface area contributed by atoms with Gasteiger partial charge in [0.05, 0.1) is 28.6 Å². The Morgan fingerprint density at radius 2 is 2.10 bits per heavy atom. The van der Waals surface area contributed by atoms with Crippen molar-refractivity contribution in [3.63, 3.8) is 0 Å². The van der Waals surface area contributed by atoms with Crippen LogP contribution in [0.2, 0.25) is 0 Å². The van der Waals surface area contributed by atoms with Crippen LogP contribution in [0.3, 0.4) is 0 Å². The molecule has 20 heavy (non-hydrogen) atoms. The molecule has 6 heteroatoms. The molecule has 0 atom stereocenters. The minimum absolute atomic E-state index is 0.738. The molecular weight excluding hydrogens is 318 g/mol. The smallest absolute Gasteiger partial charge is 0.0842 e. The number of hydrogen-bond donors (Lipinski definition) is 1. The van der Waals surface area contributed by atoms with Gasteiger partial charge in [0.15, 0.2) is 0 Å². The lowest BCUT2D eigenvalue weighted by Crippen LogP contribution is -2.13. The molecule has 0 amide bonds. The highest BCUT2D eigenvalue weighted by atomic mass is 79.9. The van der Waals surface area contributed by atoms with Gasteiger partial charge in [0.1, 0.15) is 0 Å². The third-order valence-corrected chi connectivity index (χ3v) is 4.49. The van der Waals surface area contributed by atoms with Gasteiger partial charge in [-0.15, -0.1) is 0 Å². The second-order valence-corrected chi connectivity index (χ2v) is 5.67. The fraction of sp³-hybridized carbons (Fsp3) is 0.571. The SMILES string of the molecule is CCNCc1cnn(Cc2c(Br)c(CC)nn2C)c1C. The summed E-state index contributed by atoms with van der Waals surface area (Å²) in [5.41, 5.74) is 4.71. The standard InChI is InChI=1S/C14H22BrN5/c1-5-12-14(15)13(19(4)18-12)9-20-10(3)11(8-17-20)7-16-6-2/h8,16H,5-7,9H2,1-4H3. The number of nitrogens with one attached hydrogen (secondary N) is 1. The molecule has 0 aliphatic heterocycles. The minimum Gasteiger partial charge on any atom is -0.313 e. The molecule has 0 spiro atoms. The zero-order valence-electron chi connectivity index (χ0n) is 12.6. The van der Waals surface area contributed by atoms with Crippen LogP contribution in [0.15, 0.2) is 10.7 Å². The topological polar surface area (TPSA) is 47.7 Å². The van der Waals surface area contributed by atoms with E-state index in [-0.39, 0.29) is 0 Å². The van der Waals surface area contributed by atoms with Crippen LogP contribution in [0.5, 0.6) is 0 Å². The highest BCUT2D eigenvalue weighted by Crippen LogP contribution is 2.23. The molecule has 1 N–H and O–H groups in total. The van der Waals surface area contributed by atoms with E-state index in [1.54, 1.807) is 0 Å². The molecule has 0 aliphatic rings. The van der Waals surface area contributed by atoms with Crippen molar-refractivity contribution in [2.75, 3.05) is 6.54 Å². The molecule has 0 unspecified atom stereocenters. The second-order valence-electron chi connectivity index (χ2n) is 4.88. The number of rotatable bonds is 6. The van der Waals surface area contributed by atoms with E-state index in [0.717, 1.165) is 41.9 Å². The van der Waals surface area contributed by atoms with Gasteiger partial charge in [-0.2, -0.15) is 10.2 Å². The Bertz CT molecular complexity index is 585. The molecule has 110 valence electrons. The molecular formula is C14H22BrN5. The number of hydrogen-bond acceptors (Lipinski definition) is 3. The third kappa shape index (κ3) is 2.96. The average Bonchev–Trinajstić information content (AvgIpc) is 2.92. The van der Waals surface area contributed by atoms with Gasteiger partial charge in [0.2, 0.25) is 0 Å². The van der Waals surface area contributed by atoms with E-state index in [0.29, 0.717) is 0 Å². The molecule has 0 fully saturated rings. The molecule has 0 saturated heterocycles. The van der Waals surface area contributed by atoms with Crippen molar-refractivity contribution < 1.29 is 0 Å². The Morgan fingerprint density at radius 3 is 2.70 bits per heavy atom. The second kappa shape index (κ2) is 6.54. The van der Waals surface area contributed by atoms with Gasteiger partial charge in [-0.1, -0.05) is 13.8 Å². The van der Waals surface area contributed by atoms with Crippen LogP contribution in [0.25, 0.3) is 0 Å². The molecule has 5 nitrogen and oxygen atoms in total. The molecule has 2 heterocycles. The Hall–Kier alpha value is -1.14. The van der Waals surface area contributed by atoms with Crippen molar-refractivity contribution in [2.24, 2.45) is 7.05 Å². The highest BCUT2D eigenvalue weighted by Gasteiger charge is 2.15. The number of halogens is 1. The summed E-state index contributed by atoms with van der Waals surface area (Å²) in [4.78, 5) is 0. The number of aryl methyl sites for hydroxylation is 2. The largest absolute Gasteiger partial charge is 0.313 e. The number of aromatic nitrogens is 4. The highest BCUT2D eigenvalue weighted by molar-refractivity contribution is 9.10. The summed E-state index contributed by atoms with van der Waals surface area (Å²) >= 11 is 3.66. The Kier molecular flexibility index (Phi) is 4.99. The van der Waals surface area contributed by atoms with E-state index in [1.807, 2.05) is 22.6 Å². The lowest BCUT2D eigenvalue weighted by molar-refractivity contribution is 0.602. The summed E-state index contributed by atoms with van der Waals surface area (Å²) in [7, 11) is 1.98. The lowest BCUT2D eigenvalue weighted by atomic mass is 10.2. The lowest BCUT2D eigenvalue weighted by Gasteiger charge is -2.07. The first-order chi connectivity index (χ1) is 9.58. The van der Waals surface area contributed by atoms with Crippen LogP contribution in [0.4, 0.5) is 0 Å². The van der Waals surface area contributed by atoms with Crippen LogP contribution < -0.4 is 5.32 Å². The van der Waals surface area contributed by atoms with Crippen molar-refractivity contribution in [1.29, 1.82) is 0 Å². The molecule has 0 bridgehead atoms. The first kappa shape index (κ1) is 15.3. The van der Waals surface area contributed by atoms with Gasteiger partial charge in [0, 0.05) is 24.8 Å². The zero-order valence-corrected chi connectivity index (χ0v) is 14.2. The predicted octanol–water partition coefficient (Wildman–Crippen LogP) is 2.41. The monoisotopic (exact) mass is 339 g/mol. The Balaban J connectivity index is 2.22. The fourth-order valence-electron chi connectivity index (χ4n) is 2.21. The van der Waals surface area contributed by atoms with Crippen molar-refractivity contribution in [3.8, 4) is 0 Å². The summed E-state index contributed by atoms with van der Waals surface area (Å²) < 4.78 is 5.08. The predicted molar refractivity (Wildman–Crippen MR) is 83.7 cm³/mol. The average molecular weight is 340 g/mol. The minimum atomic E-state index is 0.738. The van der Waals surface area contributed by atoms with Gasteiger partial charge in [0.25, 0.3) is 0 Å². The van der Waals surface area contributed by atoms with Crippen LogP contribution in [0.1, 0.15) is 36.5 Å². The zero-order chi connectivity index (χ0) is 14.7. The number of nitrogens with zero attached hydrogens (tertiary/aromatic N) is 4. The summed E-state index contributed by atoms with van der Waals surface area (Å²) in [5, 5.41) is 12.4. The van der Waals surface area contributed by atoms with Crippen molar-refractivity contribution in [2.45, 2.75) is 40.3 Å². The van der Waals surface area contributed by atoms with Gasteiger partial charge in [-0.05, 0) is 35.8 Å². The molecule has 0 radical (unpaired) electrons.